The molecule has 100 valence electrons. The maximum absolute atomic E-state index is 13.5. The van der Waals surface area contributed by atoms with Crippen molar-refractivity contribution in [1.82, 2.24) is 5.32 Å². The Bertz CT molecular complexity index is 416. The summed E-state index contributed by atoms with van der Waals surface area (Å²) in [6.07, 6.45) is 3.58. The number of β-amino-alcohol motifs (C(OH)–C–C–N with tert-alkyl or cyclic N) is 1. The van der Waals surface area contributed by atoms with Gasteiger partial charge in [-0.25, -0.2) is 8.78 Å². The third kappa shape index (κ3) is 3.06. The molecule has 1 atom stereocenters. The normalized spacial score (nSPS) is 20.0. The molecule has 0 heterocycles. The smallest absolute Gasteiger partial charge is 0.131 e. The minimum absolute atomic E-state index is 0.0392. The Morgan fingerprint density at radius 2 is 2.00 bits per heavy atom. The van der Waals surface area contributed by atoms with Crippen LogP contribution in [-0.4, -0.2) is 17.2 Å². The molecule has 1 aliphatic rings. The van der Waals surface area contributed by atoms with Crippen LogP contribution in [-0.2, 0) is 0 Å². The van der Waals surface area contributed by atoms with E-state index in [1.165, 1.54) is 25.0 Å². The van der Waals surface area contributed by atoms with Gasteiger partial charge in [-0.2, -0.15) is 0 Å². The fourth-order valence-electron chi connectivity index (χ4n) is 2.56. The van der Waals surface area contributed by atoms with E-state index in [1.807, 2.05) is 0 Å². The summed E-state index contributed by atoms with van der Waals surface area (Å²) in [5.41, 5.74) is 0.183. The van der Waals surface area contributed by atoms with E-state index >= 15 is 0 Å². The first-order valence-corrected chi connectivity index (χ1v) is 6.38. The van der Waals surface area contributed by atoms with Crippen LogP contribution in [0, 0.1) is 11.6 Å². The molecule has 1 saturated carbocycles. The van der Waals surface area contributed by atoms with Crippen LogP contribution in [0.15, 0.2) is 18.2 Å². The zero-order chi connectivity index (χ0) is 13.2. The average molecular weight is 255 g/mol. The first-order chi connectivity index (χ1) is 8.50. The highest BCUT2D eigenvalue weighted by molar-refractivity contribution is 5.21. The van der Waals surface area contributed by atoms with E-state index in [0.29, 0.717) is 6.54 Å². The van der Waals surface area contributed by atoms with Gasteiger partial charge in [0.1, 0.15) is 11.6 Å². The van der Waals surface area contributed by atoms with Crippen molar-refractivity contribution in [2.45, 2.75) is 44.2 Å². The van der Waals surface area contributed by atoms with Gasteiger partial charge in [0.05, 0.1) is 6.10 Å². The number of benzene rings is 1. The van der Waals surface area contributed by atoms with Crippen LogP contribution in [0.25, 0.3) is 0 Å². The lowest BCUT2D eigenvalue weighted by Crippen LogP contribution is -2.41. The quantitative estimate of drug-likeness (QED) is 0.867. The van der Waals surface area contributed by atoms with E-state index in [2.05, 4.69) is 12.2 Å². The van der Waals surface area contributed by atoms with Gasteiger partial charge in [0.2, 0.25) is 0 Å². The summed E-state index contributed by atoms with van der Waals surface area (Å²) in [6.45, 7) is 2.41. The van der Waals surface area contributed by atoms with Gasteiger partial charge < -0.3 is 10.4 Å². The van der Waals surface area contributed by atoms with Crippen molar-refractivity contribution in [2.75, 3.05) is 6.54 Å². The molecule has 1 aliphatic carbocycles. The third-order valence-electron chi connectivity index (χ3n) is 3.75. The predicted molar refractivity (Wildman–Crippen MR) is 66.2 cm³/mol. The summed E-state index contributed by atoms with van der Waals surface area (Å²) in [6, 6.07) is 3.27. The molecule has 0 amide bonds. The van der Waals surface area contributed by atoms with E-state index in [9.17, 15) is 13.9 Å². The van der Waals surface area contributed by atoms with Crippen LogP contribution in [0.4, 0.5) is 8.78 Å². The Morgan fingerprint density at radius 3 is 2.61 bits per heavy atom. The summed E-state index contributed by atoms with van der Waals surface area (Å²) in [7, 11) is 0. The number of hydrogen-bond acceptors (Lipinski definition) is 2. The van der Waals surface area contributed by atoms with Crippen LogP contribution in [0.3, 0.4) is 0 Å². The number of rotatable bonds is 4. The van der Waals surface area contributed by atoms with Gasteiger partial charge in [0, 0.05) is 23.7 Å². The van der Waals surface area contributed by atoms with Gasteiger partial charge in [0.25, 0.3) is 0 Å². The minimum Gasteiger partial charge on any atom is -0.387 e. The number of aliphatic hydroxyl groups is 1. The molecule has 1 unspecified atom stereocenters. The van der Waals surface area contributed by atoms with Crippen molar-refractivity contribution in [3.63, 3.8) is 0 Å². The summed E-state index contributed by atoms with van der Waals surface area (Å²) >= 11 is 0. The van der Waals surface area contributed by atoms with Gasteiger partial charge in [-0.1, -0.05) is 18.9 Å². The van der Waals surface area contributed by atoms with Crippen molar-refractivity contribution >= 4 is 0 Å². The highest BCUT2D eigenvalue weighted by atomic mass is 19.1. The van der Waals surface area contributed by atoms with E-state index in [4.69, 9.17) is 0 Å². The molecule has 2 nitrogen and oxygen atoms in total. The van der Waals surface area contributed by atoms with Crippen LogP contribution in [0.5, 0.6) is 0 Å². The molecule has 2 rings (SSSR count). The summed E-state index contributed by atoms with van der Waals surface area (Å²) < 4.78 is 26.2. The predicted octanol–water partition coefficient (Wildman–Crippen LogP) is 2.92. The van der Waals surface area contributed by atoms with Gasteiger partial charge in [-0.05, 0) is 25.8 Å². The van der Waals surface area contributed by atoms with Crippen LogP contribution in [0.2, 0.25) is 0 Å². The fourth-order valence-corrected chi connectivity index (χ4v) is 2.56. The molecule has 0 radical (unpaired) electrons. The lowest BCUT2D eigenvalue weighted by Gasteiger charge is -2.27. The Morgan fingerprint density at radius 1 is 1.33 bits per heavy atom. The molecule has 1 aromatic rings. The molecule has 0 aromatic heterocycles. The van der Waals surface area contributed by atoms with Crippen molar-refractivity contribution in [3.8, 4) is 0 Å². The number of nitrogens with one attached hydrogen (secondary N) is 1. The molecule has 0 aliphatic heterocycles. The van der Waals surface area contributed by atoms with E-state index in [0.717, 1.165) is 18.9 Å². The number of halogens is 2. The van der Waals surface area contributed by atoms with Gasteiger partial charge >= 0.3 is 0 Å². The molecule has 18 heavy (non-hydrogen) atoms. The van der Waals surface area contributed by atoms with E-state index in [-0.39, 0.29) is 11.1 Å². The zero-order valence-corrected chi connectivity index (χ0v) is 10.5. The summed E-state index contributed by atoms with van der Waals surface area (Å²) in [4.78, 5) is 0. The second-order valence-electron chi connectivity index (χ2n) is 5.33. The maximum Gasteiger partial charge on any atom is 0.131 e. The maximum atomic E-state index is 13.5. The van der Waals surface area contributed by atoms with Gasteiger partial charge in [-0.15, -0.1) is 0 Å². The Hall–Kier alpha value is -1.00. The molecule has 0 saturated heterocycles. The minimum atomic E-state index is -0.942. The fraction of sp³-hybridized carbons (Fsp3) is 0.571. The molecular weight excluding hydrogens is 236 g/mol. The Kier molecular flexibility index (Phi) is 3.97. The average Bonchev–Trinajstić information content (AvgIpc) is 2.74. The molecule has 1 fully saturated rings. The first kappa shape index (κ1) is 13.4. The Balaban J connectivity index is 1.97. The molecule has 4 heteroatoms. The molecule has 2 N–H and O–H groups in total. The second kappa shape index (κ2) is 5.33. The zero-order valence-electron chi connectivity index (χ0n) is 10.5. The van der Waals surface area contributed by atoms with Crippen molar-refractivity contribution in [2.24, 2.45) is 0 Å². The van der Waals surface area contributed by atoms with Crippen LogP contribution >= 0.6 is 0 Å². The number of aliphatic hydroxyl groups excluding tert-OH is 1. The van der Waals surface area contributed by atoms with Gasteiger partial charge in [-0.3, -0.25) is 0 Å². The Labute approximate surface area is 106 Å². The highest BCUT2D eigenvalue weighted by Crippen LogP contribution is 2.29. The van der Waals surface area contributed by atoms with Crippen molar-refractivity contribution < 1.29 is 13.9 Å². The number of hydrogen-bond donors (Lipinski definition) is 2. The van der Waals surface area contributed by atoms with Crippen LogP contribution in [0.1, 0.15) is 44.3 Å². The second-order valence-corrected chi connectivity index (χ2v) is 5.33. The third-order valence-corrected chi connectivity index (χ3v) is 3.75. The first-order valence-electron chi connectivity index (χ1n) is 6.38. The monoisotopic (exact) mass is 255 g/mol. The summed E-state index contributed by atoms with van der Waals surface area (Å²) in [5, 5.41) is 13.2. The van der Waals surface area contributed by atoms with Crippen molar-refractivity contribution in [1.29, 1.82) is 0 Å². The van der Waals surface area contributed by atoms with Crippen LogP contribution < -0.4 is 5.32 Å². The van der Waals surface area contributed by atoms with E-state index in [1.54, 1.807) is 0 Å². The lowest BCUT2D eigenvalue weighted by molar-refractivity contribution is 0.154. The highest BCUT2D eigenvalue weighted by Gasteiger charge is 2.28. The summed E-state index contributed by atoms with van der Waals surface area (Å²) in [5.74, 6) is -1.32. The van der Waals surface area contributed by atoms with E-state index < -0.39 is 17.7 Å². The van der Waals surface area contributed by atoms with Crippen molar-refractivity contribution in [3.05, 3.63) is 35.4 Å². The van der Waals surface area contributed by atoms with Gasteiger partial charge in [0.15, 0.2) is 0 Å². The molecule has 0 spiro atoms. The molecular formula is C14H19F2NO. The topological polar surface area (TPSA) is 32.3 Å². The largest absolute Gasteiger partial charge is 0.387 e. The lowest BCUT2D eigenvalue weighted by atomic mass is 9.99. The molecule has 1 aromatic carbocycles. The molecule has 0 bridgehead atoms. The standard InChI is InChI=1S/C14H19F2NO/c1-14(6-2-3-7-14)17-9-13(18)11-5-4-10(15)8-12(11)16/h4-5,8,13,17-18H,2-3,6-7,9H2,1H3. The SMILES string of the molecule is CC1(NCC(O)c2ccc(F)cc2F)CCCC1.